The third-order valence-electron chi connectivity index (χ3n) is 6.56. The highest BCUT2D eigenvalue weighted by molar-refractivity contribution is 5.93. The number of aromatic nitrogens is 3. The van der Waals surface area contributed by atoms with Crippen molar-refractivity contribution in [2.45, 2.75) is 44.7 Å². The van der Waals surface area contributed by atoms with E-state index in [2.05, 4.69) is 32.8 Å². The number of hydrogen-bond donors (Lipinski definition) is 1. The van der Waals surface area contributed by atoms with Crippen molar-refractivity contribution >= 4 is 17.2 Å². The average Bonchev–Trinajstić information content (AvgIpc) is 3.41. The van der Waals surface area contributed by atoms with Gasteiger partial charge in [0.2, 0.25) is 5.91 Å². The highest BCUT2D eigenvalue weighted by Crippen LogP contribution is 2.37. The van der Waals surface area contributed by atoms with E-state index < -0.39 is 0 Å². The quantitative estimate of drug-likeness (QED) is 0.869. The van der Waals surface area contributed by atoms with Gasteiger partial charge in [-0.25, -0.2) is 0 Å². The average molecular weight is 377 g/mol. The number of carbonyl (C=O) groups is 1. The lowest BCUT2D eigenvalue weighted by Crippen LogP contribution is -2.57. The fourth-order valence-corrected chi connectivity index (χ4v) is 5.04. The maximum absolute atomic E-state index is 12.8. The number of allylic oxidation sites excluding steroid dienone is 2. The fraction of sp³-hybridized carbons (Fsp3) is 0.500. The Bertz CT molecular complexity index is 874. The van der Waals surface area contributed by atoms with Gasteiger partial charge in [-0.3, -0.25) is 14.4 Å². The third-order valence-corrected chi connectivity index (χ3v) is 6.56. The van der Waals surface area contributed by atoms with Crippen LogP contribution >= 0.6 is 0 Å². The van der Waals surface area contributed by atoms with Crippen molar-refractivity contribution in [3.05, 3.63) is 48.3 Å². The summed E-state index contributed by atoms with van der Waals surface area (Å²) in [7, 11) is 0. The fourth-order valence-electron chi connectivity index (χ4n) is 5.04. The Morgan fingerprint density at radius 2 is 2.14 bits per heavy atom. The predicted octanol–water partition coefficient (Wildman–Crippen LogP) is 3.19. The number of nitrogens with zero attached hydrogens (tertiary/aromatic N) is 4. The number of nitrogens with one attached hydrogen (secondary N) is 1. The monoisotopic (exact) mass is 377 g/mol. The highest BCUT2D eigenvalue weighted by atomic mass is 16.2. The van der Waals surface area contributed by atoms with Gasteiger partial charge >= 0.3 is 0 Å². The van der Waals surface area contributed by atoms with Crippen LogP contribution in [0.1, 0.15) is 37.8 Å². The molecule has 146 valence electrons. The van der Waals surface area contributed by atoms with Crippen LogP contribution in [0.2, 0.25) is 0 Å². The van der Waals surface area contributed by atoms with Crippen LogP contribution in [0.25, 0.3) is 5.57 Å². The van der Waals surface area contributed by atoms with Crippen LogP contribution in [0, 0.1) is 11.8 Å². The number of fused-ring (bicyclic) bond motifs is 3. The molecule has 0 spiro atoms. The lowest BCUT2D eigenvalue weighted by Gasteiger charge is -2.49. The minimum Gasteiger partial charge on any atom is -0.326 e. The zero-order valence-corrected chi connectivity index (χ0v) is 16.1. The van der Waals surface area contributed by atoms with E-state index in [4.69, 9.17) is 0 Å². The summed E-state index contributed by atoms with van der Waals surface area (Å²) in [5.41, 5.74) is 3.26. The normalized spacial score (nSPS) is 28.9. The summed E-state index contributed by atoms with van der Waals surface area (Å²) < 4.78 is 2.00. The molecule has 2 aromatic rings. The van der Waals surface area contributed by atoms with Crippen LogP contribution in [0.4, 0.5) is 5.69 Å². The van der Waals surface area contributed by atoms with Crippen LogP contribution < -0.4 is 5.32 Å². The summed E-state index contributed by atoms with van der Waals surface area (Å²) in [5, 5.41) is 11.8. The predicted molar refractivity (Wildman–Crippen MR) is 108 cm³/mol. The lowest BCUT2D eigenvalue weighted by molar-refractivity contribution is -0.127. The Kier molecular flexibility index (Phi) is 4.72. The number of amides is 1. The van der Waals surface area contributed by atoms with Gasteiger partial charge in [0.25, 0.3) is 0 Å². The van der Waals surface area contributed by atoms with Crippen molar-refractivity contribution in [1.29, 1.82) is 0 Å². The molecule has 1 amide bonds. The number of anilines is 1. The number of piperidine rings is 3. The Labute approximate surface area is 165 Å². The van der Waals surface area contributed by atoms with Gasteiger partial charge in [0.15, 0.2) is 0 Å². The molecule has 1 N–H and O–H groups in total. The van der Waals surface area contributed by atoms with Crippen molar-refractivity contribution in [3.8, 4) is 0 Å². The molecular formula is C22H27N5O. The summed E-state index contributed by atoms with van der Waals surface area (Å²) in [4.78, 5) is 15.3. The minimum absolute atomic E-state index is 0.0835. The smallest absolute Gasteiger partial charge is 0.229 e. The highest BCUT2D eigenvalue weighted by Gasteiger charge is 2.43. The molecule has 4 atom stereocenters. The molecule has 0 radical (unpaired) electrons. The van der Waals surface area contributed by atoms with Gasteiger partial charge in [-0.15, -0.1) is 5.10 Å². The van der Waals surface area contributed by atoms with Gasteiger partial charge in [0, 0.05) is 18.3 Å². The molecule has 1 aromatic heterocycles. The molecule has 6 heteroatoms. The molecule has 3 aliphatic heterocycles. The first kappa shape index (κ1) is 17.6. The van der Waals surface area contributed by atoms with E-state index in [1.165, 1.54) is 12.0 Å². The van der Waals surface area contributed by atoms with E-state index in [1.54, 1.807) is 0 Å². The summed E-state index contributed by atoms with van der Waals surface area (Å²) in [6, 6.07) is 10.2. The molecular weight excluding hydrogens is 350 g/mol. The first-order chi connectivity index (χ1) is 13.8. The van der Waals surface area contributed by atoms with Crippen LogP contribution in [-0.4, -0.2) is 44.9 Å². The molecule has 0 saturated carbocycles. The van der Waals surface area contributed by atoms with Gasteiger partial charge in [-0.2, -0.15) is 0 Å². The van der Waals surface area contributed by atoms with Crippen molar-refractivity contribution in [2.24, 2.45) is 11.8 Å². The van der Waals surface area contributed by atoms with Gasteiger partial charge in [-0.05, 0) is 62.3 Å². The molecule has 3 saturated heterocycles. The second-order valence-corrected chi connectivity index (χ2v) is 8.34. The second kappa shape index (κ2) is 7.51. The molecule has 6 rings (SSSR count). The van der Waals surface area contributed by atoms with Crippen molar-refractivity contribution < 1.29 is 4.79 Å². The van der Waals surface area contributed by atoms with Crippen molar-refractivity contribution in [2.75, 3.05) is 18.4 Å². The molecule has 3 fully saturated rings. The van der Waals surface area contributed by atoms with Crippen LogP contribution in [0.5, 0.6) is 0 Å². The molecule has 1 aliphatic carbocycles. The van der Waals surface area contributed by atoms with Crippen LogP contribution in [0.3, 0.4) is 0 Å². The van der Waals surface area contributed by atoms with Gasteiger partial charge in [0.1, 0.15) is 5.69 Å². The maximum atomic E-state index is 12.8. The third kappa shape index (κ3) is 3.49. The maximum Gasteiger partial charge on any atom is 0.229 e. The topological polar surface area (TPSA) is 63.1 Å². The van der Waals surface area contributed by atoms with Crippen molar-refractivity contribution in [3.63, 3.8) is 0 Å². The molecule has 4 heterocycles. The Morgan fingerprint density at radius 3 is 2.89 bits per heavy atom. The Hall–Kier alpha value is -2.47. The molecule has 6 nitrogen and oxygen atoms in total. The standard InChI is InChI=1S/C22H27N5O/c28-22(23-18-8-2-1-3-9-18)20-14-26-11-10-17(20)12-19(26)13-27-15-21(24-25-27)16-6-4-5-7-16/h1-3,6,8-9,15,17,19-20H,4-5,7,10-14H2,(H,23,28)/t17?,19-,20+/m1/s1. The van der Waals surface area contributed by atoms with E-state index in [1.807, 2.05) is 35.0 Å². The second-order valence-electron chi connectivity index (χ2n) is 8.34. The van der Waals surface area contributed by atoms with E-state index in [-0.39, 0.29) is 11.8 Å². The molecule has 1 aromatic carbocycles. The van der Waals surface area contributed by atoms with Crippen molar-refractivity contribution in [1.82, 2.24) is 19.9 Å². The molecule has 2 bridgehead atoms. The number of benzene rings is 1. The summed E-state index contributed by atoms with van der Waals surface area (Å²) in [6.45, 7) is 2.79. The number of para-hydroxylation sites is 1. The summed E-state index contributed by atoms with van der Waals surface area (Å²) in [6.07, 6.45) is 10.1. The summed E-state index contributed by atoms with van der Waals surface area (Å²) >= 11 is 0. The molecule has 28 heavy (non-hydrogen) atoms. The molecule has 4 aliphatic rings. The van der Waals surface area contributed by atoms with E-state index in [0.29, 0.717) is 12.0 Å². The van der Waals surface area contributed by atoms with Crippen LogP contribution in [-0.2, 0) is 11.3 Å². The lowest BCUT2D eigenvalue weighted by atomic mass is 9.75. The number of rotatable bonds is 5. The Balaban J connectivity index is 1.21. The van der Waals surface area contributed by atoms with E-state index in [0.717, 1.165) is 56.7 Å². The largest absolute Gasteiger partial charge is 0.326 e. The van der Waals surface area contributed by atoms with E-state index in [9.17, 15) is 4.79 Å². The first-order valence-electron chi connectivity index (χ1n) is 10.5. The van der Waals surface area contributed by atoms with Gasteiger partial charge < -0.3 is 5.32 Å². The van der Waals surface area contributed by atoms with Crippen LogP contribution in [0.15, 0.2) is 42.6 Å². The molecule has 2 unspecified atom stereocenters. The Morgan fingerprint density at radius 1 is 1.25 bits per heavy atom. The number of hydrogen-bond acceptors (Lipinski definition) is 4. The van der Waals surface area contributed by atoms with Gasteiger partial charge in [0.05, 0.1) is 18.7 Å². The zero-order chi connectivity index (χ0) is 18.9. The first-order valence-corrected chi connectivity index (χ1v) is 10.5. The van der Waals surface area contributed by atoms with Gasteiger partial charge in [-0.1, -0.05) is 29.5 Å². The SMILES string of the molecule is O=C(Nc1ccccc1)[C@H]1CN2CCC1C[C@@H]2Cn1cc(C2=CCCC2)nn1. The van der Waals surface area contributed by atoms with E-state index >= 15 is 0 Å². The minimum atomic E-state index is 0.0835. The number of carbonyl (C=O) groups excluding carboxylic acids is 1. The zero-order valence-electron chi connectivity index (χ0n) is 16.1. The summed E-state index contributed by atoms with van der Waals surface area (Å²) in [5.74, 6) is 0.704.